The Morgan fingerprint density at radius 3 is 2.73 bits per heavy atom. The first kappa shape index (κ1) is 23.6. The molecule has 6 rings (SSSR count). The highest BCUT2D eigenvalue weighted by atomic mass is 35.5. The Morgan fingerprint density at radius 1 is 1.14 bits per heavy atom. The monoisotopic (exact) mass is 514 g/mol. The molecular formula is C30H27ClN2O4. The number of hydrogen-bond acceptors (Lipinski definition) is 5. The maximum atomic E-state index is 13.5. The van der Waals surface area contributed by atoms with Crippen molar-refractivity contribution in [2.24, 2.45) is 7.05 Å². The molecule has 37 heavy (non-hydrogen) atoms. The highest BCUT2D eigenvalue weighted by molar-refractivity contribution is 6.30. The molecule has 0 radical (unpaired) electrons. The van der Waals surface area contributed by atoms with Gasteiger partial charge in [-0.25, -0.2) is 0 Å². The average molecular weight is 515 g/mol. The molecule has 3 heterocycles. The van der Waals surface area contributed by atoms with E-state index in [1.807, 2.05) is 79.3 Å². The molecule has 4 aromatic rings. The number of aryl methyl sites for hydroxylation is 2. The van der Waals surface area contributed by atoms with Crippen molar-refractivity contribution in [2.75, 3.05) is 20.4 Å². The van der Waals surface area contributed by atoms with E-state index in [0.29, 0.717) is 30.3 Å². The molecule has 0 saturated carbocycles. The molecule has 0 aliphatic carbocycles. The number of carbonyl (C=O) groups is 1. The van der Waals surface area contributed by atoms with Gasteiger partial charge in [-0.2, -0.15) is 0 Å². The van der Waals surface area contributed by atoms with Gasteiger partial charge in [0.05, 0.1) is 18.2 Å². The largest absolute Gasteiger partial charge is 0.497 e. The molecule has 0 fully saturated rings. The van der Waals surface area contributed by atoms with Crippen LogP contribution in [0.3, 0.4) is 0 Å². The highest BCUT2D eigenvalue weighted by Crippen LogP contribution is 2.44. The van der Waals surface area contributed by atoms with Gasteiger partial charge in [-0.1, -0.05) is 23.7 Å². The van der Waals surface area contributed by atoms with Crippen molar-refractivity contribution in [1.82, 2.24) is 9.47 Å². The summed E-state index contributed by atoms with van der Waals surface area (Å²) in [5, 5.41) is 1.73. The van der Waals surface area contributed by atoms with E-state index in [1.54, 1.807) is 7.11 Å². The summed E-state index contributed by atoms with van der Waals surface area (Å²) in [6.07, 6.45) is 4.71. The van der Waals surface area contributed by atoms with E-state index >= 15 is 0 Å². The zero-order valence-electron chi connectivity index (χ0n) is 21.0. The number of Topliss-reactive ketones (excluding diaryl/α,β-unsaturated/α-hetero) is 1. The number of halogens is 1. The van der Waals surface area contributed by atoms with Crippen LogP contribution in [0.4, 0.5) is 0 Å². The summed E-state index contributed by atoms with van der Waals surface area (Å²) in [5.74, 6) is 2.37. The zero-order chi connectivity index (χ0) is 25.7. The van der Waals surface area contributed by atoms with E-state index in [1.165, 1.54) is 5.56 Å². The lowest BCUT2D eigenvalue weighted by Crippen LogP contribution is -2.33. The Bertz CT molecular complexity index is 1570. The number of rotatable bonds is 5. The number of ether oxygens (including phenoxy) is 3. The maximum Gasteiger partial charge on any atom is 0.232 e. The number of fused-ring (bicyclic) bond motifs is 4. The molecule has 7 heteroatoms. The van der Waals surface area contributed by atoms with Crippen LogP contribution in [0.2, 0.25) is 5.02 Å². The third-order valence-corrected chi connectivity index (χ3v) is 7.38. The molecule has 0 spiro atoms. The Labute approximate surface area is 220 Å². The number of hydrogen-bond donors (Lipinski definition) is 0. The first-order chi connectivity index (χ1) is 17.9. The van der Waals surface area contributed by atoms with Gasteiger partial charge in [-0.3, -0.25) is 9.69 Å². The lowest BCUT2D eigenvalue weighted by molar-refractivity contribution is 0.0949. The second-order valence-corrected chi connectivity index (χ2v) is 10.0. The standard InChI is InChI=1S/C30H27ClN2O4/c1-18-12-26-24(16-33(17-36-26)11-10-19-4-6-21(31)7-5-19)30-28(18)29(34)27(37-30)13-20-15-32(2)25-9-8-22(35-3)14-23(20)25/h4-9,12-15H,10-11,16-17H2,1-3H3/b27-13+. The van der Waals surface area contributed by atoms with E-state index < -0.39 is 0 Å². The number of nitrogens with zero attached hydrogens (tertiary/aromatic N) is 2. The van der Waals surface area contributed by atoms with Crippen LogP contribution < -0.4 is 14.2 Å². The summed E-state index contributed by atoms with van der Waals surface area (Å²) < 4.78 is 19.8. The Kier molecular flexibility index (Phi) is 5.94. The molecule has 2 aliphatic heterocycles. The summed E-state index contributed by atoms with van der Waals surface area (Å²) in [7, 11) is 3.63. The third-order valence-electron chi connectivity index (χ3n) is 7.13. The molecular weight excluding hydrogens is 488 g/mol. The smallest absolute Gasteiger partial charge is 0.232 e. The van der Waals surface area contributed by atoms with Crippen molar-refractivity contribution in [3.63, 3.8) is 0 Å². The van der Waals surface area contributed by atoms with Gasteiger partial charge in [0.25, 0.3) is 0 Å². The van der Waals surface area contributed by atoms with Crippen LogP contribution in [0.25, 0.3) is 17.0 Å². The average Bonchev–Trinajstić information content (AvgIpc) is 3.40. The molecule has 0 bridgehead atoms. The van der Waals surface area contributed by atoms with Crippen LogP contribution >= 0.6 is 11.6 Å². The number of allylic oxidation sites excluding steroid dienone is 1. The quantitative estimate of drug-likeness (QED) is 0.299. The van der Waals surface area contributed by atoms with E-state index in [2.05, 4.69) is 4.90 Å². The van der Waals surface area contributed by atoms with E-state index in [0.717, 1.165) is 57.1 Å². The lowest BCUT2D eigenvalue weighted by Gasteiger charge is -2.30. The van der Waals surface area contributed by atoms with Crippen LogP contribution in [-0.4, -0.2) is 35.6 Å². The molecule has 2 aliphatic rings. The molecule has 0 saturated heterocycles. The van der Waals surface area contributed by atoms with Crippen LogP contribution in [0.5, 0.6) is 17.2 Å². The number of ketones is 1. The number of carbonyl (C=O) groups excluding carboxylic acids is 1. The van der Waals surface area contributed by atoms with Crippen LogP contribution in [0.15, 0.2) is 60.5 Å². The van der Waals surface area contributed by atoms with Crippen LogP contribution in [0.1, 0.15) is 32.6 Å². The maximum absolute atomic E-state index is 13.5. The van der Waals surface area contributed by atoms with Crippen LogP contribution in [0, 0.1) is 6.92 Å². The fourth-order valence-electron chi connectivity index (χ4n) is 5.14. The highest BCUT2D eigenvalue weighted by Gasteiger charge is 2.35. The predicted octanol–water partition coefficient (Wildman–Crippen LogP) is 6.16. The van der Waals surface area contributed by atoms with Gasteiger partial charge in [0.2, 0.25) is 5.78 Å². The van der Waals surface area contributed by atoms with Crippen molar-refractivity contribution < 1.29 is 19.0 Å². The first-order valence-corrected chi connectivity index (χ1v) is 12.6. The lowest BCUT2D eigenvalue weighted by atomic mass is 9.98. The van der Waals surface area contributed by atoms with Gasteiger partial charge >= 0.3 is 0 Å². The van der Waals surface area contributed by atoms with Gasteiger partial charge in [-0.15, -0.1) is 0 Å². The van der Waals surface area contributed by atoms with Crippen molar-refractivity contribution in [3.8, 4) is 17.2 Å². The Balaban J connectivity index is 1.30. The Morgan fingerprint density at radius 2 is 1.95 bits per heavy atom. The van der Waals surface area contributed by atoms with Gasteiger partial charge < -0.3 is 18.8 Å². The number of benzene rings is 3. The summed E-state index contributed by atoms with van der Waals surface area (Å²) in [4.78, 5) is 15.7. The summed E-state index contributed by atoms with van der Waals surface area (Å²) in [6, 6.07) is 15.8. The number of methoxy groups -OCH3 is 1. The Hall–Kier alpha value is -3.74. The van der Waals surface area contributed by atoms with Crippen molar-refractivity contribution in [2.45, 2.75) is 19.9 Å². The minimum atomic E-state index is -0.103. The first-order valence-electron chi connectivity index (χ1n) is 12.2. The van der Waals surface area contributed by atoms with Gasteiger partial charge in [-0.05, 0) is 66.9 Å². The van der Waals surface area contributed by atoms with Gasteiger partial charge in [0, 0.05) is 47.8 Å². The molecule has 0 unspecified atom stereocenters. The summed E-state index contributed by atoms with van der Waals surface area (Å²) >= 11 is 6.02. The third kappa shape index (κ3) is 4.26. The van der Waals surface area contributed by atoms with Crippen molar-refractivity contribution in [3.05, 3.63) is 93.3 Å². The molecule has 3 aromatic carbocycles. The second kappa shape index (κ2) is 9.29. The SMILES string of the molecule is COc1ccc2c(c1)c(/C=C1/Oc3c4c(cc(C)c3C1=O)OCN(CCc1ccc(Cl)cc1)C4)cn2C. The molecule has 1 aromatic heterocycles. The molecule has 0 N–H and O–H groups in total. The summed E-state index contributed by atoms with van der Waals surface area (Å²) in [5.41, 5.74) is 5.56. The molecule has 0 amide bonds. The normalized spacial score (nSPS) is 16.0. The van der Waals surface area contributed by atoms with Gasteiger partial charge in [0.15, 0.2) is 5.76 Å². The van der Waals surface area contributed by atoms with E-state index in [-0.39, 0.29) is 5.78 Å². The van der Waals surface area contributed by atoms with Crippen molar-refractivity contribution >= 4 is 34.4 Å². The topological polar surface area (TPSA) is 52.9 Å². The fourth-order valence-corrected chi connectivity index (χ4v) is 5.27. The summed E-state index contributed by atoms with van der Waals surface area (Å²) in [6.45, 7) is 3.89. The van der Waals surface area contributed by atoms with E-state index in [4.69, 9.17) is 25.8 Å². The predicted molar refractivity (Wildman–Crippen MR) is 145 cm³/mol. The minimum Gasteiger partial charge on any atom is -0.497 e. The molecule has 6 nitrogen and oxygen atoms in total. The fraction of sp³-hybridized carbons (Fsp3) is 0.233. The zero-order valence-corrected chi connectivity index (χ0v) is 21.8. The minimum absolute atomic E-state index is 0.103. The van der Waals surface area contributed by atoms with Crippen molar-refractivity contribution in [1.29, 1.82) is 0 Å². The van der Waals surface area contributed by atoms with Gasteiger partial charge in [0.1, 0.15) is 24.0 Å². The molecule has 188 valence electrons. The van der Waals surface area contributed by atoms with Crippen LogP contribution in [-0.2, 0) is 20.0 Å². The number of aromatic nitrogens is 1. The van der Waals surface area contributed by atoms with E-state index in [9.17, 15) is 4.79 Å². The molecule has 0 atom stereocenters. The second-order valence-electron chi connectivity index (χ2n) is 9.59.